The summed E-state index contributed by atoms with van der Waals surface area (Å²) in [6.07, 6.45) is 11.5. The largest absolute Gasteiger partial charge is 0.481 e. The van der Waals surface area contributed by atoms with Crippen molar-refractivity contribution < 1.29 is 19.8 Å². The number of aliphatic hydroxyl groups excluding tert-OH is 1. The number of hydrogen-bond acceptors (Lipinski definition) is 3. The molecule has 218 valence electrons. The van der Waals surface area contributed by atoms with E-state index in [4.69, 9.17) is 0 Å². The molecule has 7 atom stereocenters. The second-order valence-corrected chi connectivity index (χ2v) is 16.9. The molecule has 39 heavy (non-hydrogen) atoms. The van der Waals surface area contributed by atoms with Gasteiger partial charge in [0.2, 0.25) is 5.91 Å². The number of allylic oxidation sites excluding steroid dienone is 1. The number of rotatable bonds is 2. The summed E-state index contributed by atoms with van der Waals surface area (Å²) in [5.74, 6) is 0.238. The van der Waals surface area contributed by atoms with E-state index in [1.54, 1.807) is 5.57 Å². The molecule has 0 spiro atoms. The molecule has 4 saturated carbocycles. The van der Waals surface area contributed by atoms with E-state index in [2.05, 4.69) is 48.5 Å². The van der Waals surface area contributed by atoms with E-state index in [0.29, 0.717) is 24.9 Å². The zero-order valence-corrected chi connectivity index (χ0v) is 25.7. The molecule has 0 aromatic carbocycles. The maximum atomic E-state index is 14.3. The topological polar surface area (TPSA) is 77.8 Å². The average molecular weight is 540 g/mol. The third kappa shape index (κ3) is 3.53. The van der Waals surface area contributed by atoms with Crippen LogP contribution in [0.2, 0.25) is 0 Å². The quantitative estimate of drug-likeness (QED) is 0.377. The van der Waals surface area contributed by atoms with Gasteiger partial charge in [-0.1, -0.05) is 59.6 Å². The fourth-order valence-corrected chi connectivity index (χ4v) is 11.7. The zero-order valence-electron chi connectivity index (χ0n) is 25.7. The Bertz CT molecular complexity index is 1120. The van der Waals surface area contributed by atoms with E-state index < -0.39 is 17.3 Å². The number of hydrogen-bond donors (Lipinski definition) is 2. The van der Waals surface area contributed by atoms with Gasteiger partial charge in [-0.2, -0.15) is 0 Å². The van der Waals surface area contributed by atoms with E-state index in [1.165, 1.54) is 24.8 Å². The van der Waals surface area contributed by atoms with Crippen LogP contribution >= 0.6 is 0 Å². The second-order valence-electron chi connectivity index (χ2n) is 16.9. The van der Waals surface area contributed by atoms with Crippen LogP contribution < -0.4 is 0 Å². The number of carbonyl (C=O) groups excluding carboxylic acids is 1. The molecular weight excluding hydrogens is 486 g/mol. The minimum Gasteiger partial charge on any atom is -0.481 e. The predicted octanol–water partition coefficient (Wildman–Crippen LogP) is 6.84. The molecular formula is C34H53NO4. The number of carboxylic acid groups (broad SMARTS) is 1. The van der Waals surface area contributed by atoms with Crippen molar-refractivity contribution in [3.8, 4) is 0 Å². The molecule has 1 amide bonds. The molecule has 0 aromatic rings. The van der Waals surface area contributed by atoms with Crippen LogP contribution in [0.4, 0.5) is 0 Å². The van der Waals surface area contributed by atoms with Crippen molar-refractivity contribution in [1.82, 2.24) is 4.90 Å². The van der Waals surface area contributed by atoms with Crippen molar-refractivity contribution in [2.45, 2.75) is 125 Å². The molecule has 5 aliphatic carbocycles. The number of carboxylic acids is 1. The Morgan fingerprint density at radius 3 is 2.13 bits per heavy atom. The van der Waals surface area contributed by atoms with Crippen molar-refractivity contribution in [3.63, 3.8) is 0 Å². The average Bonchev–Trinajstić information content (AvgIpc) is 2.80. The van der Waals surface area contributed by atoms with Crippen LogP contribution in [0.1, 0.15) is 119 Å². The lowest BCUT2D eigenvalue weighted by Crippen LogP contribution is -2.65. The van der Waals surface area contributed by atoms with Crippen molar-refractivity contribution in [2.75, 3.05) is 13.1 Å². The SMILES string of the molecule is CC1(C)CC[C@]2(C(=O)N3CC(C(=O)O)C3)CC[C@]3(C)C(=C2C1)CC[C@@H]1[C@@]2(C)CC[C@H](O)C(C)(C)[C@@H]2CC[C@]13C. The molecule has 0 radical (unpaired) electrons. The number of aliphatic carboxylic acids is 1. The normalized spacial score (nSPS) is 46.8. The predicted molar refractivity (Wildman–Crippen MR) is 153 cm³/mol. The van der Waals surface area contributed by atoms with Gasteiger partial charge in [0.1, 0.15) is 0 Å². The second kappa shape index (κ2) is 8.35. The third-order valence-corrected chi connectivity index (χ3v) is 14.4. The van der Waals surface area contributed by atoms with E-state index in [1.807, 2.05) is 4.90 Å². The summed E-state index contributed by atoms with van der Waals surface area (Å²) in [5.41, 5.74) is 3.33. The van der Waals surface area contributed by atoms with Gasteiger partial charge in [0, 0.05) is 13.1 Å². The first-order valence-corrected chi connectivity index (χ1v) is 16.0. The number of likely N-dealkylation sites (tertiary alicyclic amines) is 1. The Morgan fingerprint density at radius 1 is 0.795 bits per heavy atom. The van der Waals surface area contributed by atoms with Crippen LogP contribution in [0.3, 0.4) is 0 Å². The molecule has 0 aromatic heterocycles. The van der Waals surface area contributed by atoms with Crippen molar-refractivity contribution in [2.24, 2.45) is 50.2 Å². The van der Waals surface area contributed by atoms with Crippen molar-refractivity contribution >= 4 is 11.9 Å². The summed E-state index contributed by atoms with van der Waals surface area (Å²) in [4.78, 5) is 27.7. The van der Waals surface area contributed by atoms with E-state index in [-0.39, 0.29) is 39.1 Å². The number of aliphatic hydroxyl groups is 1. The molecule has 1 heterocycles. The number of fused-ring (bicyclic) bond motifs is 6. The van der Waals surface area contributed by atoms with E-state index in [9.17, 15) is 19.8 Å². The van der Waals surface area contributed by atoms with Gasteiger partial charge < -0.3 is 15.1 Å². The minimum atomic E-state index is -0.773. The first-order chi connectivity index (χ1) is 18.0. The van der Waals surface area contributed by atoms with Gasteiger partial charge in [-0.05, 0) is 110 Å². The smallest absolute Gasteiger partial charge is 0.310 e. The van der Waals surface area contributed by atoms with Crippen LogP contribution in [0.5, 0.6) is 0 Å². The number of nitrogens with zero attached hydrogens (tertiary/aromatic N) is 1. The lowest BCUT2D eigenvalue weighted by molar-refractivity contribution is -0.205. The van der Waals surface area contributed by atoms with Gasteiger partial charge in [-0.15, -0.1) is 0 Å². The molecule has 5 heteroatoms. The molecule has 1 saturated heterocycles. The van der Waals surface area contributed by atoms with Gasteiger partial charge in [-0.3, -0.25) is 9.59 Å². The Balaban J connectivity index is 1.40. The molecule has 0 bridgehead atoms. The van der Waals surface area contributed by atoms with Gasteiger partial charge in [-0.25, -0.2) is 0 Å². The summed E-state index contributed by atoms with van der Waals surface area (Å²) in [6.45, 7) is 17.9. The maximum absolute atomic E-state index is 14.3. The fourth-order valence-electron chi connectivity index (χ4n) is 11.7. The van der Waals surface area contributed by atoms with Gasteiger partial charge in [0.15, 0.2) is 0 Å². The van der Waals surface area contributed by atoms with Gasteiger partial charge >= 0.3 is 5.97 Å². The van der Waals surface area contributed by atoms with Gasteiger partial charge in [0.05, 0.1) is 17.4 Å². The molecule has 0 unspecified atom stereocenters. The molecule has 6 rings (SSSR count). The lowest BCUT2D eigenvalue weighted by atomic mass is 9.34. The maximum Gasteiger partial charge on any atom is 0.310 e. The molecule has 5 nitrogen and oxygen atoms in total. The molecule has 2 N–H and O–H groups in total. The Labute approximate surface area is 236 Å². The van der Waals surface area contributed by atoms with Crippen LogP contribution in [-0.2, 0) is 9.59 Å². The summed E-state index contributed by atoms with van der Waals surface area (Å²) in [5, 5.41) is 20.4. The highest BCUT2D eigenvalue weighted by Crippen LogP contribution is 2.75. The van der Waals surface area contributed by atoms with Crippen LogP contribution in [0, 0.1) is 50.2 Å². The summed E-state index contributed by atoms with van der Waals surface area (Å²) in [7, 11) is 0. The Kier molecular flexibility index (Phi) is 5.95. The summed E-state index contributed by atoms with van der Waals surface area (Å²) >= 11 is 0. The molecule has 5 fully saturated rings. The highest BCUT2D eigenvalue weighted by atomic mass is 16.4. The first-order valence-electron chi connectivity index (χ1n) is 16.0. The monoisotopic (exact) mass is 539 g/mol. The van der Waals surface area contributed by atoms with E-state index >= 15 is 0 Å². The third-order valence-electron chi connectivity index (χ3n) is 14.4. The first kappa shape index (κ1) is 27.8. The van der Waals surface area contributed by atoms with Crippen LogP contribution in [0.15, 0.2) is 11.1 Å². The minimum absolute atomic E-state index is 0.0411. The number of carbonyl (C=O) groups is 2. The summed E-state index contributed by atoms with van der Waals surface area (Å²) < 4.78 is 0. The Hall–Kier alpha value is -1.36. The highest BCUT2D eigenvalue weighted by molar-refractivity contribution is 5.89. The molecule has 1 aliphatic heterocycles. The van der Waals surface area contributed by atoms with Crippen LogP contribution in [0.25, 0.3) is 0 Å². The van der Waals surface area contributed by atoms with Gasteiger partial charge in [0.25, 0.3) is 0 Å². The lowest BCUT2D eigenvalue weighted by Gasteiger charge is -2.71. The fraction of sp³-hybridized carbons (Fsp3) is 0.882. The number of amides is 1. The van der Waals surface area contributed by atoms with Crippen molar-refractivity contribution in [1.29, 1.82) is 0 Å². The summed E-state index contributed by atoms with van der Waals surface area (Å²) in [6, 6.07) is 0. The molecule has 6 aliphatic rings. The van der Waals surface area contributed by atoms with Crippen LogP contribution in [-0.4, -0.2) is 46.2 Å². The van der Waals surface area contributed by atoms with E-state index in [0.717, 1.165) is 51.4 Å². The standard InChI is InChI=1S/C34H53NO4/c1-29(2)14-16-34(28(39)35-19-21(20-35)27(37)38)17-15-32(6)22(23(34)18-29)8-9-25-31(5)12-11-26(36)30(3,4)24(31)10-13-33(25,32)7/h21,24-26,36H,8-20H2,1-7H3,(H,37,38)/t24-,25+,26-,31-,32+,33+,34-/m0/s1. The highest BCUT2D eigenvalue weighted by Gasteiger charge is 2.68. The van der Waals surface area contributed by atoms with Crippen molar-refractivity contribution in [3.05, 3.63) is 11.1 Å². The Morgan fingerprint density at radius 2 is 1.46 bits per heavy atom. The zero-order chi connectivity index (χ0) is 28.4.